The molecule has 1 aliphatic heterocycles. The van der Waals surface area contributed by atoms with Gasteiger partial charge in [0, 0.05) is 5.69 Å². The minimum atomic E-state index is -0.701. The van der Waals surface area contributed by atoms with E-state index in [1.54, 1.807) is 17.5 Å². The van der Waals surface area contributed by atoms with Crippen LogP contribution in [0.15, 0.2) is 51.8 Å². The van der Waals surface area contributed by atoms with E-state index in [2.05, 4.69) is 27.5 Å². The molecule has 3 N–H and O–H groups in total. The lowest BCUT2D eigenvalue weighted by Gasteiger charge is -2.14. The summed E-state index contributed by atoms with van der Waals surface area (Å²) in [5, 5.41) is 14.9. The first-order valence-electron chi connectivity index (χ1n) is 8.63. The van der Waals surface area contributed by atoms with Crippen LogP contribution in [0.5, 0.6) is 0 Å². The first-order valence-corrected chi connectivity index (χ1v) is 10.5. The van der Waals surface area contributed by atoms with Crippen LogP contribution in [0.3, 0.4) is 0 Å². The summed E-state index contributed by atoms with van der Waals surface area (Å²) in [6, 6.07) is 10.8. The van der Waals surface area contributed by atoms with E-state index >= 15 is 0 Å². The molecule has 2 heterocycles. The Labute approximate surface area is 175 Å². The van der Waals surface area contributed by atoms with Gasteiger partial charge in [0.1, 0.15) is 0 Å². The van der Waals surface area contributed by atoms with Gasteiger partial charge in [-0.3, -0.25) is 25.1 Å². The monoisotopic (exact) mass is 427 g/mol. The highest BCUT2D eigenvalue weighted by atomic mass is 32.2. The number of rotatable bonds is 5. The number of carbonyl (C=O) groups excluding carboxylic acids is 3. The summed E-state index contributed by atoms with van der Waals surface area (Å²) in [4.78, 5) is 44.3. The van der Waals surface area contributed by atoms with Crippen LogP contribution < -0.4 is 10.6 Å². The second-order valence-electron chi connectivity index (χ2n) is 5.85. The summed E-state index contributed by atoms with van der Waals surface area (Å²) in [6.45, 7) is 2.05. The maximum absolute atomic E-state index is 12.2. The third-order valence-electron chi connectivity index (χ3n) is 3.80. The Morgan fingerprint density at radius 2 is 2.03 bits per heavy atom. The lowest BCUT2D eigenvalue weighted by atomic mass is 10.1. The number of aliphatic imine (C=N–C) groups is 2. The number of carbonyl (C=O) groups is 3. The van der Waals surface area contributed by atoms with Gasteiger partial charge in [-0.1, -0.05) is 36.9 Å². The molecular formula is C19H17N5O3S2. The summed E-state index contributed by atoms with van der Waals surface area (Å²) >= 11 is 2.18. The Hall–Kier alpha value is -3.11. The van der Waals surface area contributed by atoms with E-state index in [4.69, 9.17) is 5.41 Å². The highest BCUT2D eigenvalue weighted by Crippen LogP contribution is 2.13. The van der Waals surface area contributed by atoms with Crippen LogP contribution in [-0.2, 0) is 16.0 Å². The van der Waals surface area contributed by atoms with Gasteiger partial charge in [0.05, 0.1) is 10.6 Å². The Kier molecular flexibility index (Phi) is 6.68. The largest absolute Gasteiger partial charge is 0.325 e. The van der Waals surface area contributed by atoms with Crippen LogP contribution in [0, 0.1) is 5.41 Å². The smallest absolute Gasteiger partial charge is 0.287 e. The Morgan fingerprint density at radius 1 is 1.28 bits per heavy atom. The molecule has 1 aliphatic rings. The molecule has 0 bridgehead atoms. The first-order chi connectivity index (χ1) is 14.0. The Morgan fingerprint density at radius 3 is 2.66 bits per heavy atom. The predicted molar refractivity (Wildman–Crippen MR) is 116 cm³/mol. The first kappa shape index (κ1) is 20.6. The fraction of sp³-hybridized carbons (Fsp3) is 0.158. The maximum Gasteiger partial charge on any atom is 0.287 e. The van der Waals surface area contributed by atoms with Gasteiger partial charge >= 0.3 is 0 Å². The van der Waals surface area contributed by atoms with Crippen LogP contribution >= 0.6 is 23.1 Å². The van der Waals surface area contributed by atoms with E-state index in [-0.39, 0.29) is 22.5 Å². The van der Waals surface area contributed by atoms with Crippen molar-refractivity contribution >= 4 is 63.2 Å². The summed E-state index contributed by atoms with van der Waals surface area (Å²) < 4.78 is 0. The minimum Gasteiger partial charge on any atom is -0.325 e. The van der Waals surface area contributed by atoms with Gasteiger partial charge in [0.25, 0.3) is 11.8 Å². The van der Waals surface area contributed by atoms with Crippen LogP contribution in [0.25, 0.3) is 0 Å². The van der Waals surface area contributed by atoms with Crippen LogP contribution in [-0.4, -0.2) is 40.2 Å². The lowest BCUT2D eigenvalue weighted by molar-refractivity contribution is -0.114. The lowest BCUT2D eigenvalue weighted by Crippen LogP contribution is -2.43. The van der Waals surface area contributed by atoms with Crippen molar-refractivity contribution in [3.05, 3.63) is 52.2 Å². The van der Waals surface area contributed by atoms with Crippen molar-refractivity contribution in [2.24, 2.45) is 9.98 Å². The van der Waals surface area contributed by atoms with Crippen molar-refractivity contribution < 1.29 is 14.4 Å². The van der Waals surface area contributed by atoms with Crippen molar-refractivity contribution in [1.29, 1.82) is 5.41 Å². The molecule has 0 radical (unpaired) electrons. The van der Waals surface area contributed by atoms with E-state index in [0.717, 1.165) is 18.2 Å². The van der Waals surface area contributed by atoms with Gasteiger partial charge in [0.2, 0.25) is 5.91 Å². The average Bonchev–Trinajstić information content (AvgIpc) is 3.24. The molecule has 3 amide bonds. The fourth-order valence-corrected chi connectivity index (χ4v) is 3.60. The number of nitrogens with zero attached hydrogens (tertiary/aromatic N) is 2. The molecule has 148 valence electrons. The molecular weight excluding hydrogens is 410 g/mol. The highest BCUT2D eigenvalue weighted by Gasteiger charge is 2.26. The molecule has 1 aromatic carbocycles. The average molecular weight is 428 g/mol. The quantitative estimate of drug-likeness (QED) is 0.679. The van der Waals surface area contributed by atoms with Crippen LogP contribution in [0.4, 0.5) is 5.69 Å². The number of amides is 3. The highest BCUT2D eigenvalue weighted by molar-refractivity contribution is 8.14. The summed E-state index contributed by atoms with van der Waals surface area (Å²) in [5.41, 5.74) is 1.50. The normalized spacial score (nSPS) is 15.1. The molecule has 0 atom stereocenters. The molecule has 3 rings (SSSR count). The van der Waals surface area contributed by atoms with E-state index in [1.165, 1.54) is 16.9 Å². The van der Waals surface area contributed by atoms with Gasteiger partial charge < -0.3 is 5.32 Å². The molecule has 0 saturated carbocycles. The molecule has 29 heavy (non-hydrogen) atoms. The van der Waals surface area contributed by atoms with Gasteiger partial charge in [-0.25, -0.2) is 4.99 Å². The number of thioether (sulfide) groups is 1. The number of benzene rings is 1. The second kappa shape index (κ2) is 9.39. The third-order valence-corrected chi connectivity index (χ3v) is 5.54. The summed E-state index contributed by atoms with van der Waals surface area (Å²) in [7, 11) is 0. The predicted octanol–water partition coefficient (Wildman–Crippen LogP) is 2.73. The van der Waals surface area contributed by atoms with E-state index in [1.807, 2.05) is 24.3 Å². The SMILES string of the molecule is CCc1ccc(NC(=O)CSC2=NC(=N)C(=NC(=O)c3cccs3)C(=O)N2)cc1. The van der Waals surface area contributed by atoms with Gasteiger partial charge in [0.15, 0.2) is 16.7 Å². The number of hydrogen-bond acceptors (Lipinski definition) is 6. The van der Waals surface area contributed by atoms with E-state index in [0.29, 0.717) is 10.6 Å². The molecule has 0 fully saturated rings. The summed E-state index contributed by atoms with van der Waals surface area (Å²) in [6.07, 6.45) is 0.916. The summed E-state index contributed by atoms with van der Waals surface area (Å²) in [5.74, 6) is -1.99. The molecule has 0 unspecified atom stereocenters. The molecule has 0 spiro atoms. The van der Waals surface area contributed by atoms with E-state index < -0.39 is 17.6 Å². The third kappa shape index (κ3) is 5.46. The molecule has 8 nitrogen and oxygen atoms in total. The number of anilines is 1. The minimum absolute atomic E-state index is 0.00250. The van der Waals surface area contributed by atoms with Crippen molar-refractivity contribution in [2.45, 2.75) is 13.3 Å². The zero-order valence-corrected chi connectivity index (χ0v) is 17.0. The Bertz CT molecular complexity index is 1010. The van der Waals surface area contributed by atoms with E-state index in [9.17, 15) is 14.4 Å². The van der Waals surface area contributed by atoms with Crippen molar-refractivity contribution in [3.63, 3.8) is 0 Å². The van der Waals surface area contributed by atoms with Crippen molar-refractivity contribution in [3.8, 4) is 0 Å². The molecule has 1 aromatic heterocycles. The zero-order valence-electron chi connectivity index (χ0n) is 15.4. The molecule has 10 heteroatoms. The molecule has 0 saturated heterocycles. The van der Waals surface area contributed by atoms with Crippen molar-refractivity contribution in [1.82, 2.24) is 5.32 Å². The number of aryl methyl sites for hydroxylation is 1. The number of hydrogen-bond donors (Lipinski definition) is 3. The van der Waals surface area contributed by atoms with Crippen molar-refractivity contribution in [2.75, 3.05) is 11.1 Å². The van der Waals surface area contributed by atoms with Gasteiger partial charge in [-0.05, 0) is 35.6 Å². The van der Waals surface area contributed by atoms with Crippen LogP contribution in [0.2, 0.25) is 0 Å². The second-order valence-corrected chi connectivity index (χ2v) is 7.76. The number of thiophene rings is 1. The topological polar surface area (TPSA) is 124 Å². The Balaban J connectivity index is 1.58. The molecule has 0 aliphatic carbocycles. The van der Waals surface area contributed by atoms with Gasteiger partial charge in [-0.2, -0.15) is 4.99 Å². The molecule has 2 aromatic rings. The van der Waals surface area contributed by atoms with Gasteiger partial charge in [-0.15, -0.1) is 11.3 Å². The fourth-order valence-electron chi connectivity index (χ4n) is 2.33. The standard InChI is InChI=1S/C19H17N5O3S2/c1-2-11-5-7-12(8-6-11)21-14(25)10-29-19-23-16(20)15(18(27)24-19)22-17(26)13-4-3-9-28-13/h3-9H,2,10H2,1H3,(H,21,25)(H2,20,23,24,27). The van der Waals surface area contributed by atoms with Crippen LogP contribution in [0.1, 0.15) is 22.2 Å². The number of amidine groups is 2. The maximum atomic E-state index is 12.2. The zero-order chi connectivity index (χ0) is 20.8. The number of nitrogens with one attached hydrogen (secondary N) is 3.